The van der Waals surface area contributed by atoms with Crippen LogP contribution in [0.15, 0.2) is 30.3 Å². The van der Waals surface area contributed by atoms with Gasteiger partial charge in [0, 0.05) is 17.5 Å². The summed E-state index contributed by atoms with van der Waals surface area (Å²) in [5.41, 5.74) is 0.921. The number of carbonyl (C=O) groups is 1. The van der Waals surface area contributed by atoms with Crippen LogP contribution in [0.2, 0.25) is 0 Å². The van der Waals surface area contributed by atoms with E-state index >= 15 is 0 Å². The van der Waals surface area contributed by atoms with Crippen LogP contribution in [-0.2, 0) is 0 Å². The number of methoxy groups -OCH3 is 1. The number of benzene rings is 1. The predicted molar refractivity (Wildman–Crippen MR) is 108 cm³/mol. The molecule has 1 aliphatic heterocycles. The first-order valence-electron chi connectivity index (χ1n) is 8.61. The Morgan fingerprint density at radius 3 is 2.92 bits per heavy atom. The van der Waals surface area contributed by atoms with E-state index < -0.39 is 0 Å². The van der Waals surface area contributed by atoms with Crippen LogP contribution >= 0.6 is 23.7 Å². The van der Waals surface area contributed by atoms with E-state index in [4.69, 9.17) is 4.74 Å². The summed E-state index contributed by atoms with van der Waals surface area (Å²) in [7, 11) is 1.52. The van der Waals surface area contributed by atoms with E-state index in [2.05, 4.69) is 17.1 Å². The molecule has 1 saturated heterocycles. The molecule has 1 atom stereocenters. The van der Waals surface area contributed by atoms with Gasteiger partial charge in [0.2, 0.25) is 0 Å². The van der Waals surface area contributed by atoms with Crippen molar-refractivity contribution >= 4 is 29.7 Å². The van der Waals surface area contributed by atoms with Gasteiger partial charge in [-0.05, 0) is 55.2 Å². The number of likely N-dealkylation sites (tertiary alicyclic amines) is 1. The number of amides is 1. The van der Waals surface area contributed by atoms with Gasteiger partial charge in [-0.2, -0.15) is 0 Å². The fourth-order valence-electron chi connectivity index (χ4n) is 3.27. The van der Waals surface area contributed by atoms with Crippen LogP contribution in [0.5, 0.6) is 11.5 Å². The number of rotatable bonds is 6. The van der Waals surface area contributed by atoms with Crippen LogP contribution in [0.3, 0.4) is 0 Å². The second-order valence-electron chi connectivity index (χ2n) is 6.23. The molecule has 0 radical (unpaired) electrons. The van der Waals surface area contributed by atoms with Gasteiger partial charge in [-0.25, -0.2) is 0 Å². The van der Waals surface area contributed by atoms with Gasteiger partial charge in [0.1, 0.15) is 0 Å². The smallest absolute Gasteiger partial charge is 0.262 e. The summed E-state index contributed by atoms with van der Waals surface area (Å²) < 4.78 is 5.15. The fourth-order valence-corrected chi connectivity index (χ4v) is 4.19. The van der Waals surface area contributed by atoms with E-state index in [1.807, 2.05) is 18.2 Å². The molecule has 26 heavy (non-hydrogen) atoms. The van der Waals surface area contributed by atoms with Crippen molar-refractivity contribution in [2.24, 2.45) is 0 Å². The maximum Gasteiger partial charge on any atom is 0.262 e. The lowest BCUT2D eigenvalue weighted by Crippen LogP contribution is -2.39. The number of phenols is 1. The van der Waals surface area contributed by atoms with E-state index in [1.54, 1.807) is 12.1 Å². The lowest BCUT2D eigenvalue weighted by atomic mass is 10.1. The topological polar surface area (TPSA) is 61.8 Å². The number of hydrogen-bond acceptors (Lipinski definition) is 5. The molecule has 1 fully saturated rings. The predicted octanol–water partition coefficient (Wildman–Crippen LogP) is 4.11. The van der Waals surface area contributed by atoms with E-state index in [9.17, 15) is 9.90 Å². The Bertz CT molecular complexity index is 750. The lowest BCUT2D eigenvalue weighted by molar-refractivity contribution is 0.0921. The van der Waals surface area contributed by atoms with E-state index in [1.165, 1.54) is 31.3 Å². The number of halogens is 1. The number of ether oxygens (including phenoxy) is 1. The van der Waals surface area contributed by atoms with Crippen LogP contribution in [0, 0.1) is 0 Å². The van der Waals surface area contributed by atoms with Crippen LogP contribution in [-0.4, -0.2) is 42.3 Å². The molecule has 1 aromatic heterocycles. The lowest BCUT2D eigenvalue weighted by Gasteiger charge is -2.23. The molecular weight excluding hydrogens is 372 g/mol. The van der Waals surface area contributed by atoms with Crippen molar-refractivity contribution in [1.29, 1.82) is 0 Å². The van der Waals surface area contributed by atoms with Crippen molar-refractivity contribution in [3.63, 3.8) is 0 Å². The van der Waals surface area contributed by atoms with E-state index in [0.29, 0.717) is 23.3 Å². The Morgan fingerprint density at radius 2 is 2.19 bits per heavy atom. The molecule has 0 aliphatic carbocycles. The van der Waals surface area contributed by atoms with Crippen molar-refractivity contribution in [3.05, 3.63) is 35.2 Å². The van der Waals surface area contributed by atoms with Crippen LogP contribution in [0.1, 0.15) is 35.9 Å². The van der Waals surface area contributed by atoms with Crippen LogP contribution in [0.4, 0.5) is 0 Å². The highest BCUT2D eigenvalue weighted by Gasteiger charge is 2.23. The summed E-state index contributed by atoms with van der Waals surface area (Å²) in [6.07, 6.45) is 3.56. The summed E-state index contributed by atoms with van der Waals surface area (Å²) >= 11 is 1.44. The zero-order chi connectivity index (χ0) is 17.8. The van der Waals surface area contributed by atoms with Crippen molar-refractivity contribution in [1.82, 2.24) is 10.2 Å². The first kappa shape index (κ1) is 20.6. The summed E-state index contributed by atoms with van der Waals surface area (Å²) in [5, 5.41) is 12.7. The highest BCUT2D eigenvalue weighted by atomic mass is 35.5. The molecule has 1 aliphatic rings. The third kappa shape index (κ3) is 4.50. The maximum absolute atomic E-state index is 12.4. The molecule has 142 valence electrons. The summed E-state index contributed by atoms with van der Waals surface area (Å²) in [4.78, 5) is 16.4. The molecule has 0 saturated carbocycles. The molecule has 3 rings (SSSR count). The second kappa shape index (κ2) is 9.26. The fraction of sp³-hybridized carbons (Fsp3) is 0.421. The van der Waals surface area contributed by atoms with Gasteiger partial charge in [-0.3, -0.25) is 9.69 Å². The largest absolute Gasteiger partial charge is 0.504 e. The summed E-state index contributed by atoms with van der Waals surface area (Å²) in [5.74, 6) is 0.497. The number of aromatic hydroxyl groups is 1. The molecule has 5 nitrogen and oxygen atoms in total. The Balaban J connectivity index is 0.00000243. The maximum atomic E-state index is 12.4. The normalized spacial score (nSPS) is 16.9. The number of hydrogen-bond donors (Lipinski definition) is 2. The molecular formula is C19H25ClN2O3S. The average Bonchev–Trinajstić information content (AvgIpc) is 3.29. The zero-order valence-electron chi connectivity index (χ0n) is 15.0. The highest BCUT2D eigenvalue weighted by molar-refractivity contribution is 7.17. The minimum absolute atomic E-state index is 0. The van der Waals surface area contributed by atoms with Gasteiger partial charge in [-0.1, -0.05) is 6.92 Å². The number of phenolic OH excluding ortho intramolecular Hbond substituents is 1. The third-order valence-electron chi connectivity index (χ3n) is 4.71. The molecule has 1 aromatic carbocycles. The number of thiophene rings is 1. The Morgan fingerprint density at radius 1 is 1.38 bits per heavy atom. The first-order valence-corrected chi connectivity index (χ1v) is 9.43. The highest BCUT2D eigenvalue weighted by Crippen LogP contribution is 2.34. The van der Waals surface area contributed by atoms with Crippen molar-refractivity contribution in [2.75, 3.05) is 20.3 Å². The SMILES string of the molecule is CC[C@H]1CCCN1CNC(=O)c1ccc(-c2ccc(O)c(OC)c2)s1.Cl. The summed E-state index contributed by atoms with van der Waals surface area (Å²) in [6.45, 7) is 3.86. The molecule has 0 unspecified atom stereocenters. The Hall–Kier alpha value is -1.76. The molecule has 2 aromatic rings. The molecule has 0 spiro atoms. The van der Waals surface area contributed by atoms with E-state index in [-0.39, 0.29) is 24.1 Å². The van der Waals surface area contributed by atoms with Crippen molar-refractivity contribution < 1.29 is 14.6 Å². The molecule has 0 bridgehead atoms. The zero-order valence-corrected chi connectivity index (χ0v) is 16.7. The Kier molecular flexibility index (Phi) is 7.32. The molecule has 2 heterocycles. The quantitative estimate of drug-likeness (QED) is 0.771. The van der Waals surface area contributed by atoms with Gasteiger partial charge in [0.15, 0.2) is 11.5 Å². The summed E-state index contributed by atoms with van der Waals surface area (Å²) in [6, 6.07) is 9.56. The van der Waals surface area contributed by atoms with Crippen molar-refractivity contribution in [3.8, 4) is 21.9 Å². The Labute approximate surface area is 164 Å². The monoisotopic (exact) mass is 396 g/mol. The number of nitrogens with one attached hydrogen (secondary N) is 1. The van der Waals surface area contributed by atoms with Gasteiger partial charge in [-0.15, -0.1) is 23.7 Å². The number of nitrogens with zero attached hydrogens (tertiary/aromatic N) is 1. The molecule has 1 amide bonds. The van der Waals surface area contributed by atoms with Gasteiger partial charge >= 0.3 is 0 Å². The minimum atomic E-state index is -0.0382. The number of carbonyl (C=O) groups excluding carboxylic acids is 1. The first-order chi connectivity index (χ1) is 12.1. The van der Waals surface area contributed by atoms with Gasteiger partial charge in [0.05, 0.1) is 18.7 Å². The van der Waals surface area contributed by atoms with Crippen molar-refractivity contribution in [2.45, 2.75) is 32.2 Å². The van der Waals surface area contributed by atoms with Crippen LogP contribution < -0.4 is 10.1 Å². The molecule has 7 heteroatoms. The van der Waals surface area contributed by atoms with Crippen LogP contribution in [0.25, 0.3) is 10.4 Å². The standard InChI is InChI=1S/C19H24N2O3S.ClH/c1-3-14-5-4-10-21(14)12-20-19(23)18-9-8-17(25-18)13-6-7-15(22)16(11-13)24-2;/h6-9,11,14,22H,3-5,10,12H2,1-2H3,(H,20,23);1H/t14-;/m0./s1. The van der Waals surface area contributed by atoms with E-state index in [0.717, 1.165) is 23.4 Å². The molecule has 2 N–H and O–H groups in total. The average molecular weight is 397 g/mol. The third-order valence-corrected chi connectivity index (χ3v) is 5.84. The second-order valence-corrected chi connectivity index (χ2v) is 7.31. The minimum Gasteiger partial charge on any atom is -0.504 e. The van der Waals surface area contributed by atoms with Gasteiger partial charge < -0.3 is 15.2 Å². The van der Waals surface area contributed by atoms with Gasteiger partial charge in [0.25, 0.3) is 5.91 Å².